The number of hydrogen-bond acceptors (Lipinski definition) is 5. The molecule has 0 spiro atoms. The molecule has 0 N–H and O–H groups in total. The Morgan fingerprint density at radius 1 is 1.38 bits per heavy atom. The van der Waals surface area contributed by atoms with Gasteiger partial charge in [-0.2, -0.15) is 0 Å². The number of benzene rings is 1. The van der Waals surface area contributed by atoms with Crippen molar-refractivity contribution in [2.24, 2.45) is 0 Å². The fourth-order valence-electron chi connectivity index (χ4n) is 1.61. The monoisotopic (exact) mass is 433 g/mol. The molecule has 1 aromatic carbocycles. The average molecular weight is 435 g/mol. The van der Waals surface area contributed by atoms with Gasteiger partial charge in [0.1, 0.15) is 5.75 Å². The van der Waals surface area contributed by atoms with E-state index in [9.17, 15) is 14.9 Å². The maximum Gasteiger partial charge on any atom is 0.273 e. The largest absolute Gasteiger partial charge is 0.485 e. The van der Waals surface area contributed by atoms with Gasteiger partial charge in [-0.25, -0.2) is 0 Å². The van der Waals surface area contributed by atoms with Crippen LogP contribution < -0.4 is 4.74 Å². The van der Waals surface area contributed by atoms with Crippen LogP contribution in [0.4, 0.5) is 5.69 Å². The fraction of sp³-hybridized carbons (Fsp3) is 0.154. The number of non-ortho nitro benzene ring substituents is 1. The highest BCUT2D eigenvalue weighted by atomic mass is 79.9. The predicted molar refractivity (Wildman–Crippen MR) is 87.4 cm³/mol. The zero-order valence-electron chi connectivity index (χ0n) is 10.8. The molecule has 1 heterocycles. The number of hydrogen-bond donors (Lipinski definition) is 0. The summed E-state index contributed by atoms with van der Waals surface area (Å²) in [6.45, 7) is 1.59. The predicted octanol–water partition coefficient (Wildman–Crippen LogP) is 4.75. The van der Waals surface area contributed by atoms with Crippen LogP contribution >= 0.6 is 43.2 Å². The highest BCUT2D eigenvalue weighted by Crippen LogP contribution is 2.32. The van der Waals surface area contributed by atoms with Crippen molar-refractivity contribution in [1.29, 1.82) is 0 Å². The van der Waals surface area contributed by atoms with Gasteiger partial charge in [-0.3, -0.25) is 14.9 Å². The van der Waals surface area contributed by atoms with E-state index in [-0.39, 0.29) is 18.1 Å². The highest BCUT2D eigenvalue weighted by Gasteiger charge is 2.16. The van der Waals surface area contributed by atoms with Crippen LogP contribution in [0.5, 0.6) is 5.75 Å². The number of nitro groups is 1. The molecule has 1 aromatic heterocycles. The summed E-state index contributed by atoms with van der Waals surface area (Å²) in [5.41, 5.74) is 1.19. The second-order valence-corrected chi connectivity index (χ2v) is 7.91. The van der Waals surface area contributed by atoms with Crippen LogP contribution in [0.25, 0.3) is 0 Å². The number of carbonyl (C=O) groups is 1. The van der Waals surface area contributed by atoms with Crippen molar-refractivity contribution in [2.45, 2.75) is 6.92 Å². The van der Waals surface area contributed by atoms with Crippen LogP contribution in [0, 0.1) is 17.0 Å². The zero-order chi connectivity index (χ0) is 15.6. The molecule has 0 saturated carbocycles. The van der Waals surface area contributed by atoms with Crippen LogP contribution in [0.2, 0.25) is 0 Å². The van der Waals surface area contributed by atoms with E-state index < -0.39 is 4.92 Å². The number of thiophene rings is 1. The van der Waals surface area contributed by atoms with Gasteiger partial charge in [0.25, 0.3) is 5.69 Å². The first-order valence-electron chi connectivity index (χ1n) is 5.74. The molecule has 0 aliphatic rings. The van der Waals surface area contributed by atoms with E-state index in [1.807, 2.05) is 0 Å². The Hall–Kier alpha value is -1.25. The Bertz CT molecular complexity index is 714. The van der Waals surface area contributed by atoms with Crippen molar-refractivity contribution in [3.8, 4) is 5.75 Å². The van der Waals surface area contributed by atoms with Gasteiger partial charge in [-0.1, -0.05) is 0 Å². The van der Waals surface area contributed by atoms with Crippen molar-refractivity contribution in [2.75, 3.05) is 6.61 Å². The van der Waals surface area contributed by atoms with E-state index in [1.165, 1.54) is 23.5 Å². The number of nitro benzene ring substituents is 1. The normalized spacial score (nSPS) is 10.4. The Morgan fingerprint density at radius 3 is 2.67 bits per heavy atom. The maximum atomic E-state index is 12.1. The summed E-state index contributed by atoms with van der Waals surface area (Å²) in [7, 11) is 0. The van der Waals surface area contributed by atoms with Crippen molar-refractivity contribution in [1.82, 2.24) is 0 Å². The van der Waals surface area contributed by atoms with E-state index >= 15 is 0 Å². The molecule has 0 amide bonds. The van der Waals surface area contributed by atoms with E-state index in [0.29, 0.717) is 11.3 Å². The van der Waals surface area contributed by atoms with Gasteiger partial charge >= 0.3 is 0 Å². The Kier molecular flexibility index (Phi) is 5.13. The summed E-state index contributed by atoms with van der Waals surface area (Å²) in [6.07, 6.45) is 0. The summed E-state index contributed by atoms with van der Waals surface area (Å²) in [6, 6.07) is 6.02. The number of ether oxygens (including phenoxy) is 1. The summed E-state index contributed by atoms with van der Waals surface area (Å²) in [4.78, 5) is 22.3. The standard InChI is InChI=1S/C13H9Br2NO4S/c1-7-2-3-8(16(18)19)4-11(7)20-6-10(17)9-5-12(14)21-13(9)15/h2-5H,6H2,1H3. The van der Waals surface area contributed by atoms with Gasteiger partial charge in [0.2, 0.25) is 5.78 Å². The minimum absolute atomic E-state index is 0.0671. The molecule has 8 heteroatoms. The third-order valence-corrected chi connectivity index (χ3v) is 5.04. The molecule has 0 saturated heterocycles. The zero-order valence-corrected chi connectivity index (χ0v) is 14.7. The molecular formula is C13H9Br2NO4S. The van der Waals surface area contributed by atoms with E-state index in [4.69, 9.17) is 4.74 Å². The smallest absolute Gasteiger partial charge is 0.273 e. The number of aryl methyl sites for hydroxylation is 1. The molecule has 0 aliphatic carbocycles. The number of Topliss-reactive ketones (excluding diaryl/α,β-unsaturated/α-hetero) is 1. The van der Waals surface area contributed by atoms with Gasteiger partial charge in [-0.05, 0) is 56.5 Å². The minimum Gasteiger partial charge on any atom is -0.485 e. The van der Waals surface area contributed by atoms with E-state index in [2.05, 4.69) is 31.9 Å². The Morgan fingerprint density at radius 2 is 2.10 bits per heavy atom. The first kappa shape index (κ1) is 16.1. The number of nitrogens with zero attached hydrogens (tertiary/aromatic N) is 1. The van der Waals surface area contributed by atoms with Crippen molar-refractivity contribution < 1.29 is 14.5 Å². The average Bonchev–Trinajstić information content (AvgIpc) is 2.76. The van der Waals surface area contributed by atoms with Gasteiger partial charge < -0.3 is 4.74 Å². The number of carbonyl (C=O) groups excluding carboxylic acids is 1. The number of ketones is 1. The first-order valence-corrected chi connectivity index (χ1v) is 8.14. The van der Waals surface area contributed by atoms with Gasteiger partial charge in [-0.15, -0.1) is 11.3 Å². The molecular weight excluding hydrogens is 426 g/mol. The maximum absolute atomic E-state index is 12.1. The molecule has 0 radical (unpaired) electrons. The molecule has 0 atom stereocenters. The number of rotatable bonds is 5. The third kappa shape index (κ3) is 3.90. The Labute approximate surface area is 141 Å². The molecule has 0 aliphatic heterocycles. The lowest BCUT2D eigenvalue weighted by Crippen LogP contribution is -2.12. The van der Waals surface area contributed by atoms with Crippen molar-refractivity contribution in [3.63, 3.8) is 0 Å². The molecule has 21 heavy (non-hydrogen) atoms. The van der Waals surface area contributed by atoms with Crippen molar-refractivity contribution >= 4 is 54.7 Å². The summed E-state index contributed by atoms with van der Waals surface area (Å²) in [5, 5.41) is 10.7. The molecule has 2 aromatic rings. The molecule has 0 unspecified atom stereocenters. The molecule has 2 rings (SSSR count). The van der Waals surface area contributed by atoms with E-state index in [0.717, 1.165) is 13.1 Å². The summed E-state index contributed by atoms with van der Waals surface area (Å²) >= 11 is 8.01. The lowest BCUT2D eigenvalue weighted by molar-refractivity contribution is -0.384. The quantitative estimate of drug-likeness (QED) is 0.386. The van der Waals surface area contributed by atoms with E-state index in [1.54, 1.807) is 19.1 Å². The van der Waals surface area contributed by atoms with Crippen LogP contribution in [0.15, 0.2) is 31.8 Å². The lowest BCUT2D eigenvalue weighted by Gasteiger charge is -2.08. The summed E-state index contributed by atoms with van der Waals surface area (Å²) < 4.78 is 6.98. The van der Waals surface area contributed by atoms with Gasteiger partial charge in [0, 0.05) is 11.6 Å². The minimum atomic E-state index is -0.499. The Balaban J connectivity index is 2.13. The topological polar surface area (TPSA) is 69.4 Å². The first-order chi connectivity index (χ1) is 9.88. The fourth-order valence-corrected chi connectivity index (χ4v) is 4.46. The molecule has 110 valence electrons. The van der Waals surface area contributed by atoms with Crippen LogP contribution in [-0.2, 0) is 0 Å². The van der Waals surface area contributed by atoms with Gasteiger partial charge in [0.15, 0.2) is 6.61 Å². The molecule has 0 bridgehead atoms. The second kappa shape index (κ2) is 6.67. The molecule has 5 nitrogen and oxygen atoms in total. The number of halogens is 2. The second-order valence-electron chi connectivity index (χ2n) is 4.16. The molecule has 0 fully saturated rings. The SMILES string of the molecule is Cc1ccc([N+](=O)[O-])cc1OCC(=O)c1cc(Br)sc1Br. The van der Waals surface area contributed by atoms with Gasteiger partial charge in [0.05, 0.1) is 18.6 Å². The third-order valence-electron chi connectivity index (χ3n) is 2.70. The summed E-state index contributed by atoms with van der Waals surface area (Å²) in [5.74, 6) is 0.137. The van der Waals surface area contributed by atoms with Crippen LogP contribution in [0.3, 0.4) is 0 Å². The van der Waals surface area contributed by atoms with Crippen LogP contribution in [-0.4, -0.2) is 17.3 Å². The highest BCUT2D eigenvalue weighted by molar-refractivity contribution is 9.12. The van der Waals surface area contributed by atoms with Crippen LogP contribution in [0.1, 0.15) is 15.9 Å². The van der Waals surface area contributed by atoms with Crippen molar-refractivity contribution in [3.05, 3.63) is 53.1 Å². The lowest BCUT2D eigenvalue weighted by atomic mass is 10.2.